The molecule has 1 aliphatic heterocycles. The first-order chi connectivity index (χ1) is 12.7. The molecular weight excluding hydrogens is 331 g/mol. The van der Waals surface area contributed by atoms with Crippen molar-refractivity contribution in [3.05, 3.63) is 71.8 Å². The molecule has 3 aromatic rings. The zero-order valence-corrected chi connectivity index (χ0v) is 14.2. The van der Waals surface area contributed by atoms with E-state index in [1.165, 1.54) is 17.7 Å². The highest BCUT2D eigenvalue weighted by molar-refractivity contribution is 5.78. The highest BCUT2D eigenvalue weighted by Crippen LogP contribution is 2.25. The Balaban J connectivity index is 1.65. The van der Waals surface area contributed by atoms with Crippen molar-refractivity contribution in [2.45, 2.75) is 31.8 Å². The fraction of sp³-hybridized carbons (Fsp3) is 0.250. The fourth-order valence-corrected chi connectivity index (χ4v) is 3.21. The minimum absolute atomic E-state index is 0.0277. The van der Waals surface area contributed by atoms with Gasteiger partial charge in [0.05, 0.1) is 6.04 Å². The second-order valence-corrected chi connectivity index (χ2v) is 6.42. The summed E-state index contributed by atoms with van der Waals surface area (Å²) in [5.41, 5.74) is 1.84. The molecule has 26 heavy (non-hydrogen) atoms. The molecular formula is C20H19FN4O. The molecule has 1 aromatic heterocycles. The minimum Gasteiger partial charge on any atom is -0.346 e. The number of carbonyl (C=O) groups excluding carboxylic acids is 1. The number of nitrogens with one attached hydrogen (secondary N) is 1. The molecule has 0 bridgehead atoms. The van der Waals surface area contributed by atoms with Gasteiger partial charge in [-0.15, -0.1) is 0 Å². The van der Waals surface area contributed by atoms with Crippen molar-refractivity contribution in [3.8, 4) is 11.4 Å². The van der Waals surface area contributed by atoms with Gasteiger partial charge in [-0.05, 0) is 30.5 Å². The first-order valence-corrected chi connectivity index (χ1v) is 8.73. The van der Waals surface area contributed by atoms with Crippen LogP contribution >= 0.6 is 0 Å². The van der Waals surface area contributed by atoms with Crippen LogP contribution in [0.5, 0.6) is 0 Å². The smallest absolute Gasteiger partial charge is 0.220 e. The van der Waals surface area contributed by atoms with Gasteiger partial charge in [-0.3, -0.25) is 4.79 Å². The molecule has 132 valence electrons. The van der Waals surface area contributed by atoms with Gasteiger partial charge in [-0.25, -0.2) is 14.1 Å². The Labute approximate surface area is 150 Å². The molecule has 0 saturated carbocycles. The molecule has 5 nitrogen and oxygen atoms in total. The quantitative estimate of drug-likeness (QED) is 0.768. The largest absolute Gasteiger partial charge is 0.346 e. The maximum atomic E-state index is 13.6. The number of benzene rings is 2. The number of halogens is 1. The zero-order chi connectivity index (χ0) is 17.9. The van der Waals surface area contributed by atoms with Crippen molar-refractivity contribution in [2.24, 2.45) is 0 Å². The van der Waals surface area contributed by atoms with Crippen LogP contribution in [0.1, 0.15) is 30.3 Å². The lowest BCUT2D eigenvalue weighted by atomic mass is 10.1. The van der Waals surface area contributed by atoms with Gasteiger partial charge in [0.1, 0.15) is 11.6 Å². The van der Waals surface area contributed by atoms with Crippen LogP contribution in [0.2, 0.25) is 0 Å². The Hall–Kier alpha value is -3.02. The van der Waals surface area contributed by atoms with Crippen molar-refractivity contribution < 1.29 is 9.18 Å². The first kappa shape index (κ1) is 16.4. The van der Waals surface area contributed by atoms with Gasteiger partial charge >= 0.3 is 0 Å². The maximum Gasteiger partial charge on any atom is 0.220 e. The van der Waals surface area contributed by atoms with Crippen molar-refractivity contribution >= 4 is 5.91 Å². The summed E-state index contributed by atoms with van der Waals surface area (Å²) < 4.78 is 15.4. The van der Waals surface area contributed by atoms with Crippen molar-refractivity contribution in [1.29, 1.82) is 0 Å². The zero-order valence-electron chi connectivity index (χ0n) is 14.2. The molecule has 1 amide bonds. The first-order valence-electron chi connectivity index (χ1n) is 8.73. The standard InChI is InChI=1S/C20H19FN4O/c21-16-8-4-7-15(13-16)19-23-20(17-9-10-18(26)22-17)25(24-19)12-11-14-5-2-1-3-6-14/h1-8,13,17H,9-12H2,(H,22,26). The number of amides is 1. The van der Waals surface area contributed by atoms with E-state index in [0.717, 1.165) is 12.2 Å². The number of aryl methyl sites for hydroxylation is 2. The highest BCUT2D eigenvalue weighted by atomic mass is 19.1. The van der Waals surface area contributed by atoms with Crippen LogP contribution < -0.4 is 5.32 Å². The van der Waals surface area contributed by atoms with E-state index in [2.05, 4.69) is 27.5 Å². The maximum absolute atomic E-state index is 13.6. The van der Waals surface area contributed by atoms with E-state index in [1.54, 1.807) is 12.1 Å². The summed E-state index contributed by atoms with van der Waals surface area (Å²) in [5, 5.41) is 7.54. The predicted octanol–water partition coefficient (Wildman–Crippen LogP) is 3.28. The summed E-state index contributed by atoms with van der Waals surface area (Å²) >= 11 is 0. The number of rotatable bonds is 5. The second kappa shape index (κ2) is 7.07. The summed E-state index contributed by atoms with van der Waals surface area (Å²) in [5.74, 6) is 0.915. The Morgan fingerprint density at radius 1 is 1.15 bits per heavy atom. The van der Waals surface area contributed by atoms with Gasteiger partial charge in [0.2, 0.25) is 5.91 Å². The molecule has 0 radical (unpaired) electrons. The van der Waals surface area contributed by atoms with Gasteiger partial charge in [0, 0.05) is 18.5 Å². The van der Waals surface area contributed by atoms with Crippen LogP contribution in [-0.4, -0.2) is 20.7 Å². The average molecular weight is 350 g/mol. The number of hydrogen-bond acceptors (Lipinski definition) is 3. The minimum atomic E-state index is -0.321. The molecule has 2 aromatic carbocycles. The molecule has 1 aliphatic rings. The van der Waals surface area contributed by atoms with Gasteiger partial charge < -0.3 is 5.32 Å². The normalized spacial score (nSPS) is 16.7. The number of aromatic nitrogens is 3. The monoisotopic (exact) mass is 350 g/mol. The second-order valence-electron chi connectivity index (χ2n) is 6.42. The fourth-order valence-electron chi connectivity index (χ4n) is 3.21. The summed E-state index contributed by atoms with van der Waals surface area (Å²) in [7, 11) is 0. The Morgan fingerprint density at radius 2 is 2.00 bits per heavy atom. The van der Waals surface area contributed by atoms with Gasteiger partial charge in [0.15, 0.2) is 5.82 Å². The summed E-state index contributed by atoms with van der Waals surface area (Å²) in [6.45, 7) is 0.647. The van der Waals surface area contributed by atoms with E-state index in [1.807, 2.05) is 22.9 Å². The Bertz CT molecular complexity index is 923. The van der Waals surface area contributed by atoms with Crippen LogP contribution in [-0.2, 0) is 17.8 Å². The third-order valence-electron chi connectivity index (χ3n) is 4.55. The molecule has 1 fully saturated rings. The molecule has 0 aliphatic carbocycles. The molecule has 0 spiro atoms. The highest BCUT2D eigenvalue weighted by Gasteiger charge is 2.27. The van der Waals surface area contributed by atoms with E-state index in [9.17, 15) is 9.18 Å². The topological polar surface area (TPSA) is 59.8 Å². The lowest BCUT2D eigenvalue weighted by Gasteiger charge is -2.11. The van der Waals surface area contributed by atoms with E-state index in [4.69, 9.17) is 0 Å². The van der Waals surface area contributed by atoms with E-state index < -0.39 is 0 Å². The van der Waals surface area contributed by atoms with Crippen LogP contribution in [0.4, 0.5) is 4.39 Å². The van der Waals surface area contributed by atoms with Crippen LogP contribution in [0, 0.1) is 5.82 Å². The molecule has 1 unspecified atom stereocenters. The SMILES string of the molecule is O=C1CCC(c2nc(-c3cccc(F)c3)nn2CCc2ccccc2)N1. The van der Waals surface area contributed by atoms with Gasteiger partial charge in [-0.1, -0.05) is 42.5 Å². The molecule has 1 atom stereocenters. The summed E-state index contributed by atoms with van der Waals surface area (Å²) in [6, 6.07) is 16.3. The van der Waals surface area contributed by atoms with Crippen molar-refractivity contribution in [3.63, 3.8) is 0 Å². The van der Waals surface area contributed by atoms with Gasteiger partial charge in [-0.2, -0.15) is 5.10 Å². The summed E-state index contributed by atoms with van der Waals surface area (Å²) in [4.78, 5) is 16.2. The van der Waals surface area contributed by atoms with E-state index >= 15 is 0 Å². The van der Waals surface area contributed by atoms with Crippen LogP contribution in [0.25, 0.3) is 11.4 Å². The average Bonchev–Trinajstić information content (AvgIpc) is 3.27. The lowest BCUT2D eigenvalue weighted by molar-refractivity contribution is -0.119. The predicted molar refractivity (Wildman–Crippen MR) is 95.7 cm³/mol. The number of hydrogen-bond donors (Lipinski definition) is 1. The number of carbonyl (C=O) groups is 1. The van der Waals surface area contributed by atoms with Crippen LogP contribution in [0.3, 0.4) is 0 Å². The van der Waals surface area contributed by atoms with Gasteiger partial charge in [0.25, 0.3) is 0 Å². The van der Waals surface area contributed by atoms with E-state index in [0.29, 0.717) is 30.8 Å². The summed E-state index contributed by atoms with van der Waals surface area (Å²) in [6.07, 6.45) is 2.00. The Kier molecular flexibility index (Phi) is 4.48. The van der Waals surface area contributed by atoms with E-state index in [-0.39, 0.29) is 17.8 Å². The Morgan fingerprint density at radius 3 is 2.73 bits per heavy atom. The molecule has 4 rings (SSSR count). The van der Waals surface area contributed by atoms with Crippen molar-refractivity contribution in [1.82, 2.24) is 20.1 Å². The lowest BCUT2D eigenvalue weighted by Crippen LogP contribution is -2.22. The molecule has 2 heterocycles. The molecule has 6 heteroatoms. The third kappa shape index (κ3) is 3.49. The van der Waals surface area contributed by atoms with Crippen LogP contribution in [0.15, 0.2) is 54.6 Å². The number of nitrogens with zero attached hydrogens (tertiary/aromatic N) is 3. The molecule has 1 saturated heterocycles. The third-order valence-corrected chi connectivity index (χ3v) is 4.55. The molecule has 1 N–H and O–H groups in total. The van der Waals surface area contributed by atoms with Crippen molar-refractivity contribution in [2.75, 3.05) is 0 Å².